The summed E-state index contributed by atoms with van der Waals surface area (Å²) in [5, 5.41) is 0. The molecule has 2 aromatic rings. The number of carbonyl (C=O) groups is 2. The Morgan fingerprint density at radius 2 is 0.974 bits per heavy atom. The first-order chi connectivity index (χ1) is 18.2. The largest absolute Gasteiger partial charge is 0.414 e. The molecule has 8 heteroatoms. The van der Waals surface area contributed by atoms with Crippen LogP contribution in [0.15, 0.2) is 48.5 Å². The Balaban J connectivity index is 1.77. The Labute approximate surface area is 229 Å². The van der Waals surface area contributed by atoms with Crippen molar-refractivity contribution in [2.45, 2.75) is 52.6 Å². The van der Waals surface area contributed by atoms with Gasteiger partial charge < -0.3 is 19.3 Å². The molecule has 0 atom stereocenters. The first kappa shape index (κ1) is 31.1. The molecule has 0 unspecified atom stereocenters. The Kier molecular flexibility index (Phi) is 13.7. The van der Waals surface area contributed by atoms with E-state index in [0.717, 1.165) is 63.2 Å². The zero-order chi connectivity index (χ0) is 27.9. The number of amides is 2. The van der Waals surface area contributed by atoms with Crippen molar-refractivity contribution in [2.24, 2.45) is 0 Å². The average Bonchev–Trinajstić information content (AvgIpc) is 2.90. The van der Waals surface area contributed by atoms with E-state index in [9.17, 15) is 9.59 Å². The normalized spacial score (nSPS) is 11.1. The number of hydrogen-bond donors (Lipinski definition) is 0. The number of para-hydroxylation sites is 2. The van der Waals surface area contributed by atoms with E-state index in [2.05, 4.69) is 23.6 Å². The lowest BCUT2D eigenvalue weighted by molar-refractivity contribution is 0.169. The Bertz CT molecular complexity index is 916. The van der Waals surface area contributed by atoms with Crippen LogP contribution in [-0.4, -0.2) is 86.2 Å². The molecule has 0 spiro atoms. The van der Waals surface area contributed by atoms with Crippen LogP contribution >= 0.6 is 0 Å². The lowest BCUT2D eigenvalue weighted by Gasteiger charge is -2.23. The summed E-state index contributed by atoms with van der Waals surface area (Å²) in [6.07, 6.45) is 3.87. The van der Waals surface area contributed by atoms with E-state index in [1.807, 2.05) is 48.5 Å². The summed E-state index contributed by atoms with van der Waals surface area (Å²) >= 11 is 0. The van der Waals surface area contributed by atoms with Gasteiger partial charge >= 0.3 is 12.2 Å². The third-order valence-corrected chi connectivity index (χ3v) is 6.45. The molecule has 2 aromatic carbocycles. The quantitative estimate of drug-likeness (QED) is 0.277. The molecule has 0 aliphatic carbocycles. The molecule has 210 valence electrons. The molecule has 8 nitrogen and oxygen atoms in total. The number of nitrogens with zero attached hydrogens (tertiary/aromatic N) is 4. The molecule has 0 aliphatic heterocycles. The van der Waals surface area contributed by atoms with Crippen LogP contribution in [0.3, 0.4) is 0 Å². The highest BCUT2D eigenvalue weighted by Crippen LogP contribution is 2.22. The fourth-order valence-electron chi connectivity index (χ4n) is 4.04. The third-order valence-electron chi connectivity index (χ3n) is 6.45. The minimum Gasteiger partial charge on any atom is -0.410 e. The van der Waals surface area contributed by atoms with E-state index in [0.29, 0.717) is 11.5 Å². The average molecular weight is 527 g/mol. The Hall–Kier alpha value is -3.10. The van der Waals surface area contributed by atoms with E-state index < -0.39 is 0 Å². The summed E-state index contributed by atoms with van der Waals surface area (Å²) in [6.45, 7) is 9.75. The number of rotatable bonds is 15. The highest BCUT2D eigenvalue weighted by atomic mass is 16.6. The van der Waals surface area contributed by atoms with Gasteiger partial charge in [0, 0.05) is 52.4 Å². The van der Waals surface area contributed by atoms with Crippen molar-refractivity contribution in [2.75, 3.05) is 54.4 Å². The minimum absolute atomic E-state index is 0.361. The number of ether oxygens (including phenoxy) is 2. The van der Waals surface area contributed by atoms with Crippen molar-refractivity contribution in [3.63, 3.8) is 0 Å². The lowest BCUT2D eigenvalue weighted by atomic mass is 10.1. The van der Waals surface area contributed by atoms with Crippen LogP contribution in [0, 0.1) is 0 Å². The van der Waals surface area contributed by atoms with Gasteiger partial charge in [-0.15, -0.1) is 0 Å². The zero-order valence-electron chi connectivity index (χ0n) is 24.1. The van der Waals surface area contributed by atoms with Crippen LogP contribution in [0.25, 0.3) is 0 Å². The second kappa shape index (κ2) is 16.7. The summed E-state index contributed by atoms with van der Waals surface area (Å²) in [4.78, 5) is 31.7. The third kappa shape index (κ3) is 10.7. The molecule has 2 amide bonds. The smallest absolute Gasteiger partial charge is 0.410 e. The molecular weight excluding hydrogens is 480 g/mol. The molecule has 0 radical (unpaired) electrons. The van der Waals surface area contributed by atoms with Crippen LogP contribution in [0.5, 0.6) is 11.5 Å². The molecular formula is C30H46N4O4. The van der Waals surface area contributed by atoms with Gasteiger partial charge in [-0.2, -0.15) is 0 Å². The molecule has 0 aromatic heterocycles. The standard InChI is InChI=1S/C30H46N4O4/c1-7-33(23-25-17-11-13-19-27(25)37-29(35)31(3)4)21-15-9-10-16-22-34(8-2)24-26-18-12-14-20-28(26)38-30(36)32(5)6/h11-14,17-20H,7-10,15-16,21-24H2,1-6H3. The summed E-state index contributed by atoms with van der Waals surface area (Å²) in [6, 6.07) is 15.5. The van der Waals surface area contributed by atoms with Gasteiger partial charge in [-0.25, -0.2) is 9.59 Å². The lowest BCUT2D eigenvalue weighted by Crippen LogP contribution is -2.27. The van der Waals surface area contributed by atoms with Gasteiger partial charge in [0.25, 0.3) is 0 Å². The first-order valence-electron chi connectivity index (χ1n) is 13.6. The van der Waals surface area contributed by atoms with Crippen LogP contribution in [0.2, 0.25) is 0 Å². The van der Waals surface area contributed by atoms with Crippen molar-refractivity contribution in [1.82, 2.24) is 19.6 Å². The van der Waals surface area contributed by atoms with Gasteiger partial charge in [0.05, 0.1) is 0 Å². The second-order valence-corrected chi connectivity index (χ2v) is 9.89. The number of carbonyl (C=O) groups excluding carboxylic acids is 2. The minimum atomic E-state index is -0.361. The molecule has 38 heavy (non-hydrogen) atoms. The highest BCUT2D eigenvalue weighted by molar-refractivity contribution is 5.71. The summed E-state index contributed by atoms with van der Waals surface area (Å²) in [7, 11) is 6.74. The monoisotopic (exact) mass is 526 g/mol. The predicted octanol–water partition coefficient (Wildman–Crippen LogP) is 5.71. The van der Waals surface area contributed by atoms with E-state index in [4.69, 9.17) is 9.47 Å². The number of benzene rings is 2. The summed E-state index contributed by atoms with van der Waals surface area (Å²) in [5.74, 6) is 1.25. The van der Waals surface area contributed by atoms with Crippen molar-refractivity contribution >= 4 is 12.2 Å². The van der Waals surface area contributed by atoms with Gasteiger partial charge in [0.1, 0.15) is 11.5 Å². The number of unbranched alkanes of at least 4 members (excludes halogenated alkanes) is 3. The van der Waals surface area contributed by atoms with Gasteiger partial charge in [0.2, 0.25) is 0 Å². The van der Waals surface area contributed by atoms with Gasteiger partial charge in [-0.3, -0.25) is 9.80 Å². The Morgan fingerprint density at radius 1 is 0.605 bits per heavy atom. The maximum atomic E-state index is 12.0. The SMILES string of the molecule is CCN(CCCCCCN(CC)Cc1ccccc1OC(=O)N(C)C)Cc1ccccc1OC(=O)N(C)C. The van der Waals surface area contributed by atoms with Crippen LogP contribution < -0.4 is 9.47 Å². The van der Waals surface area contributed by atoms with Crippen molar-refractivity contribution in [3.8, 4) is 11.5 Å². The molecule has 0 saturated carbocycles. The number of hydrogen-bond acceptors (Lipinski definition) is 6. The van der Waals surface area contributed by atoms with Crippen LogP contribution in [-0.2, 0) is 13.1 Å². The molecule has 0 bridgehead atoms. The van der Waals surface area contributed by atoms with E-state index in [1.54, 1.807) is 28.2 Å². The second-order valence-electron chi connectivity index (χ2n) is 9.89. The van der Waals surface area contributed by atoms with Crippen molar-refractivity contribution < 1.29 is 19.1 Å². The zero-order valence-corrected chi connectivity index (χ0v) is 24.1. The van der Waals surface area contributed by atoms with Crippen molar-refractivity contribution in [3.05, 3.63) is 59.7 Å². The predicted molar refractivity (Wildman–Crippen MR) is 153 cm³/mol. The van der Waals surface area contributed by atoms with Crippen molar-refractivity contribution in [1.29, 1.82) is 0 Å². The fraction of sp³-hybridized carbons (Fsp3) is 0.533. The first-order valence-corrected chi connectivity index (χ1v) is 13.6. The molecule has 0 fully saturated rings. The van der Waals surface area contributed by atoms with Crippen LogP contribution in [0.1, 0.15) is 50.7 Å². The molecule has 0 heterocycles. The highest BCUT2D eigenvalue weighted by Gasteiger charge is 2.14. The Morgan fingerprint density at radius 3 is 1.32 bits per heavy atom. The topological polar surface area (TPSA) is 65.6 Å². The fourth-order valence-corrected chi connectivity index (χ4v) is 4.04. The molecule has 0 aliphatic rings. The van der Waals surface area contributed by atoms with E-state index in [1.165, 1.54) is 22.6 Å². The summed E-state index contributed by atoms with van der Waals surface area (Å²) in [5.41, 5.74) is 2.05. The molecule has 0 saturated heterocycles. The van der Waals surface area contributed by atoms with E-state index >= 15 is 0 Å². The van der Waals surface area contributed by atoms with E-state index in [-0.39, 0.29) is 12.2 Å². The maximum absolute atomic E-state index is 12.0. The molecule has 2 rings (SSSR count). The molecule has 0 N–H and O–H groups in total. The summed E-state index contributed by atoms with van der Waals surface area (Å²) < 4.78 is 11.1. The van der Waals surface area contributed by atoms with Gasteiger partial charge in [-0.05, 0) is 51.2 Å². The van der Waals surface area contributed by atoms with Crippen LogP contribution in [0.4, 0.5) is 9.59 Å². The van der Waals surface area contributed by atoms with Gasteiger partial charge in [-0.1, -0.05) is 63.1 Å². The van der Waals surface area contributed by atoms with Gasteiger partial charge in [0.15, 0.2) is 0 Å². The maximum Gasteiger partial charge on any atom is 0.414 e.